The average Bonchev–Trinajstić information content (AvgIpc) is 2.46. The van der Waals surface area contributed by atoms with Crippen LogP contribution in [0.2, 0.25) is 5.02 Å². The quantitative estimate of drug-likeness (QED) is 0.933. The first kappa shape index (κ1) is 14.7. The maximum atomic E-state index is 10.5. The van der Waals surface area contributed by atoms with Gasteiger partial charge in [0, 0.05) is 22.2 Å². The Hall–Kier alpha value is -1.71. The molecule has 2 rings (SSSR count). The third-order valence-corrected chi connectivity index (χ3v) is 3.51. The van der Waals surface area contributed by atoms with Gasteiger partial charge in [0.2, 0.25) is 0 Å². The molecule has 3 nitrogen and oxygen atoms in total. The van der Waals surface area contributed by atoms with Gasteiger partial charge < -0.3 is 14.6 Å². The summed E-state index contributed by atoms with van der Waals surface area (Å²) in [5.74, 6) is 1.24. The van der Waals surface area contributed by atoms with Gasteiger partial charge in [-0.05, 0) is 30.7 Å². The van der Waals surface area contributed by atoms with Crippen molar-refractivity contribution < 1.29 is 14.6 Å². The molecule has 1 atom stereocenters. The predicted molar refractivity (Wildman–Crippen MR) is 79.8 cm³/mol. The summed E-state index contributed by atoms with van der Waals surface area (Å²) < 4.78 is 10.5. The molecule has 0 aliphatic carbocycles. The van der Waals surface area contributed by atoms with Crippen molar-refractivity contribution in [2.45, 2.75) is 13.0 Å². The van der Waals surface area contributed by atoms with Crippen LogP contribution in [0.25, 0.3) is 0 Å². The summed E-state index contributed by atoms with van der Waals surface area (Å²) >= 11 is 6.20. The number of aliphatic hydroxyl groups excluding tert-OH is 1. The van der Waals surface area contributed by atoms with E-state index in [1.54, 1.807) is 32.4 Å². The minimum absolute atomic E-state index is 0.537. The molecule has 0 aliphatic heterocycles. The third kappa shape index (κ3) is 2.89. The Labute approximate surface area is 123 Å². The van der Waals surface area contributed by atoms with Gasteiger partial charge in [0.05, 0.1) is 14.2 Å². The van der Waals surface area contributed by atoms with Gasteiger partial charge in [-0.25, -0.2) is 0 Å². The highest BCUT2D eigenvalue weighted by atomic mass is 35.5. The normalized spacial score (nSPS) is 12.1. The highest BCUT2D eigenvalue weighted by Crippen LogP contribution is 2.35. The number of halogens is 1. The largest absolute Gasteiger partial charge is 0.497 e. The lowest BCUT2D eigenvalue weighted by Gasteiger charge is -2.17. The summed E-state index contributed by atoms with van der Waals surface area (Å²) in [4.78, 5) is 0. The van der Waals surface area contributed by atoms with Crippen molar-refractivity contribution in [3.8, 4) is 11.5 Å². The lowest BCUT2D eigenvalue weighted by atomic mass is 9.99. The molecule has 1 N–H and O–H groups in total. The Kier molecular flexibility index (Phi) is 4.53. The van der Waals surface area contributed by atoms with E-state index in [1.165, 1.54) is 0 Å². The highest BCUT2D eigenvalue weighted by molar-refractivity contribution is 6.31. The zero-order valence-electron chi connectivity index (χ0n) is 11.7. The number of rotatable bonds is 4. The first-order chi connectivity index (χ1) is 9.56. The zero-order chi connectivity index (χ0) is 14.7. The summed E-state index contributed by atoms with van der Waals surface area (Å²) in [6.07, 6.45) is -0.844. The van der Waals surface area contributed by atoms with Crippen LogP contribution in [-0.2, 0) is 0 Å². The van der Waals surface area contributed by atoms with Gasteiger partial charge in [0.1, 0.15) is 17.6 Å². The van der Waals surface area contributed by atoms with Crippen molar-refractivity contribution in [2.75, 3.05) is 14.2 Å². The Balaban J connectivity index is 2.44. The topological polar surface area (TPSA) is 38.7 Å². The van der Waals surface area contributed by atoms with Crippen molar-refractivity contribution in [1.29, 1.82) is 0 Å². The molecule has 0 radical (unpaired) electrons. The number of ether oxygens (including phenoxy) is 2. The fraction of sp³-hybridized carbons (Fsp3) is 0.250. The van der Waals surface area contributed by atoms with Crippen LogP contribution in [0.1, 0.15) is 22.8 Å². The second-order valence-corrected chi connectivity index (χ2v) is 4.94. The second kappa shape index (κ2) is 6.16. The average molecular weight is 293 g/mol. The van der Waals surface area contributed by atoms with Gasteiger partial charge in [-0.3, -0.25) is 0 Å². The maximum absolute atomic E-state index is 10.5. The third-order valence-electron chi connectivity index (χ3n) is 3.19. The van der Waals surface area contributed by atoms with Crippen LogP contribution in [-0.4, -0.2) is 19.3 Å². The molecular weight excluding hydrogens is 276 g/mol. The standard InChI is InChI=1S/C16H17ClO3/c1-10-4-6-12(14(17)8-10)16(18)13-7-5-11(19-2)9-15(13)20-3/h4-9,16,18H,1-3H3. The van der Waals surface area contributed by atoms with Crippen LogP contribution < -0.4 is 9.47 Å². The molecule has 0 amide bonds. The number of aliphatic hydroxyl groups is 1. The van der Waals surface area contributed by atoms with Crippen molar-refractivity contribution in [3.63, 3.8) is 0 Å². The van der Waals surface area contributed by atoms with Crippen LogP contribution in [0.5, 0.6) is 11.5 Å². The van der Waals surface area contributed by atoms with Crippen molar-refractivity contribution in [2.24, 2.45) is 0 Å². The summed E-state index contributed by atoms with van der Waals surface area (Å²) in [6.45, 7) is 1.95. The summed E-state index contributed by atoms with van der Waals surface area (Å²) in [7, 11) is 3.14. The molecule has 1 unspecified atom stereocenters. The lowest BCUT2D eigenvalue weighted by molar-refractivity contribution is 0.214. The zero-order valence-corrected chi connectivity index (χ0v) is 12.4. The molecule has 0 heterocycles. The summed E-state index contributed by atoms with van der Waals surface area (Å²) in [5, 5.41) is 11.1. The van der Waals surface area contributed by atoms with Crippen molar-refractivity contribution in [3.05, 3.63) is 58.1 Å². The first-order valence-corrected chi connectivity index (χ1v) is 6.60. The molecule has 0 aromatic heterocycles. The molecule has 0 aliphatic rings. The van der Waals surface area contributed by atoms with Gasteiger partial charge in [0.25, 0.3) is 0 Å². The monoisotopic (exact) mass is 292 g/mol. The molecule has 0 saturated heterocycles. The van der Waals surface area contributed by atoms with Crippen LogP contribution in [0.3, 0.4) is 0 Å². The molecule has 0 bridgehead atoms. The Bertz CT molecular complexity index is 611. The van der Waals surface area contributed by atoms with E-state index >= 15 is 0 Å². The summed E-state index contributed by atoms with van der Waals surface area (Å²) in [6, 6.07) is 10.9. The Morgan fingerprint density at radius 3 is 2.30 bits per heavy atom. The molecule has 0 saturated carbocycles. The van der Waals surface area contributed by atoms with E-state index in [9.17, 15) is 5.11 Å². The van der Waals surface area contributed by atoms with Crippen molar-refractivity contribution in [1.82, 2.24) is 0 Å². The number of aryl methyl sites for hydroxylation is 1. The summed E-state index contributed by atoms with van der Waals surface area (Å²) in [5.41, 5.74) is 2.35. The Morgan fingerprint density at radius 2 is 1.70 bits per heavy atom. The van der Waals surface area contributed by atoms with E-state index in [0.717, 1.165) is 5.56 Å². The molecule has 0 spiro atoms. The number of hydrogen-bond donors (Lipinski definition) is 1. The minimum Gasteiger partial charge on any atom is -0.497 e. The molecule has 0 fully saturated rings. The molecule has 2 aromatic carbocycles. The van der Waals surface area contributed by atoms with E-state index in [4.69, 9.17) is 21.1 Å². The molecular formula is C16H17ClO3. The predicted octanol–water partition coefficient (Wildman–Crippen LogP) is 3.75. The smallest absolute Gasteiger partial charge is 0.128 e. The van der Waals surface area contributed by atoms with Crippen LogP contribution >= 0.6 is 11.6 Å². The van der Waals surface area contributed by atoms with E-state index in [-0.39, 0.29) is 0 Å². The molecule has 2 aromatic rings. The number of hydrogen-bond acceptors (Lipinski definition) is 3. The van der Waals surface area contributed by atoms with Crippen LogP contribution in [0.4, 0.5) is 0 Å². The first-order valence-electron chi connectivity index (χ1n) is 6.23. The molecule has 106 valence electrons. The fourth-order valence-corrected chi connectivity index (χ4v) is 2.40. The van der Waals surface area contributed by atoms with Gasteiger partial charge in [-0.1, -0.05) is 23.7 Å². The fourth-order valence-electron chi connectivity index (χ4n) is 2.07. The number of benzene rings is 2. The van der Waals surface area contributed by atoms with Crippen LogP contribution in [0.15, 0.2) is 36.4 Å². The van der Waals surface area contributed by atoms with E-state index in [2.05, 4.69) is 0 Å². The van der Waals surface area contributed by atoms with Crippen LogP contribution in [0, 0.1) is 6.92 Å². The minimum atomic E-state index is -0.844. The highest BCUT2D eigenvalue weighted by Gasteiger charge is 2.18. The second-order valence-electron chi connectivity index (χ2n) is 4.54. The van der Waals surface area contributed by atoms with Crippen molar-refractivity contribution >= 4 is 11.6 Å². The molecule has 20 heavy (non-hydrogen) atoms. The van der Waals surface area contributed by atoms with E-state index in [1.807, 2.05) is 25.1 Å². The van der Waals surface area contributed by atoms with E-state index in [0.29, 0.717) is 27.6 Å². The Morgan fingerprint density at radius 1 is 1.00 bits per heavy atom. The van der Waals surface area contributed by atoms with Gasteiger partial charge in [-0.15, -0.1) is 0 Å². The van der Waals surface area contributed by atoms with E-state index < -0.39 is 6.10 Å². The maximum Gasteiger partial charge on any atom is 0.128 e. The van der Waals surface area contributed by atoms with Gasteiger partial charge in [0.15, 0.2) is 0 Å². The lowest BCUT2D eigenvalue weighted by Crippen LogP contribution is -2.03. The van der Waals surface area contributed by atoms with Gasteiger partial charge >= 0.3 is 0 Å². The molecule has 4 heteroatoms. The van der Waals surface area contributed by atoms with Gasteiger partial charge in [-0.2, -0.15) is 0 Å². The number of methoxy groups -OCH3 is 2. The SMILES string of the molecule is COc1ccc(C(O)c2ccc(C)cc2Cl)c(OC)c1.